The number of carbonyl (C=O) groups excluding carboxylic acids is 2. The number of benzene rings is 2. The van der Waals surface area contributed by atoms with Gasteiger partial charge in [0, 0.05) is 30.3 Å². The zero-order valence-corrected chi connectivity index (χ0v) is 15.0. The van der Waals surface area contributed by atoms with Crippen LogP contribution in [0.25, 0.3) is 0 Å². The van der Waals surface area contributed by atoms with E-state index in [2.05, 4.69) is 10.6 Å². The highest BCUT2D eigenvalue weighted by Crippen LogP contribution is 2.22. The van der Waals surface area contributed by atoms with E-state index >= 15 is 0 Å². The third kappa shape index (κ3) is 5.14. The van der Waals surface area contributed by atoms with Crippen molar-refractivity contribution in [2.75, 3.05) is 34.4 Å². The molecule has 0 fully saturated rings. The predicted molar refractivity (Wildman–Crippen MR) is 97.2 cm³/mol. The number of hydrogen-bond acceptors (Lipinski definition) is 5. The molecule has 7 nitrogen and oxygen atoms in total. The predicted octanol–water partition coefficient (Wildman–Crippen LogP) is 1.87. The summed E-state index contributed by atoms with van der Waals surface area (Å²) in [6.45, 7) is 0.595. The van der Waals surface area contributed by atoms with Gasteiger partial charge in [-0.15, -0.1) is 0 Å². The van der Waals surface area contributed by atoms with E-state index in [9.17, 15) is 9.59 Å². The topological polar surface area (TPSA) is 85.9 Å². The summed E-state index contributed by atoms with van der Waals surface area (Å²) < 4.78 is 15.3. The zero-order chi connectivity index (χ0) is 18.9. The molecule has 2 aromatic carbocycles. The number of carbonyl (C=O) groups is 2. The second-order valence-electron chi connectivity index (χ2n) is 5.34. The SMILES string of the molecule is COc1ccc(C(=O)NCCNC(=O)c2cc(OC)cc(OC)c2)cc1. The molecule has 0 bridgehead atoms. The Balaban J connectivity index is 1.83. The van der Waals surface area contributed by atoms with Gasteiger partial charge >= 0.3 is 0 Å². The van der Waals surface area contributed by atoms with Gasteiger partial charge in [0.15, 0.2) is 0 Å². The first-order chi connectivity index (χ1) is 12.6. The highest BCUT2D eigenvalue weighted by molar-refractivity contribution is 5.95. The zero-order valence-electron chi connectivity index (χ0n) is 15.0. The number of nitrogens with one attached hydrogen (secondary N) is 2. The minimum Gasteiger partial charge on any atom is -0.497 e. The van der Waals surface area contributed by atoms with Gasteiger partial charge in [-0.1, -0.05) is 0 Å². The molecular weight excluding hydrogens is 336 g/mol. The van der Waals surface area contributed by atoms with E-state index in [1.807, 2.05) is 0 Å². The van der Waals surface area contributed by atoms with Crippen molar-refractivity contribution in [2.24, 2.45) is 0 Å². The molecule has 0 radical (unpaired) electrons. The summed E-state index contributed by atoms with van der Waals surface area (Å²) in [6, 6.07) is 11.7. The molecule has 0 atom stereocenters. The lowest BCUT2D eigenvalue weighted by Crippen LogP contribution is -2.34. The maximum absolute atomic E-state index is 12.2. The van der Waals surface area contributed by atoms with Crippen LogP contribution >= 0.6 is 0 Å². The van der Waals surface area contributed by atoms with Gasteiger partial charge in [-0.25, -0.2) is 0 Å². The van der Waals surface area contributed by atoms with E-state index in [-0.39, 0.29) is 11.8 Å². The summed E-state index contributed by atoms with van der Waals surface area (Å²) in [5, 5.41) is 5.49. The summed E-state index contributed by atoms with van der Waals surface area (Å²) in [4.78, 5) is 24.2. The minimum atomic E-state index is -0.277. The van der Waals surface area contributed by atoms with Crippen LogP contribution in [0, 0.1) is 0 Å². The number of hydrogen-bond donors (Lipinski definition) is 2. The van der Waals surface area contributed by atoms with Crippen LogP contribution in [0.1, 0.15) is 20.7 Å². The molecule has 7 heteroatoms. The molecule has 2 aromatic rings. The minimum absolute atomic E-state index is 0.218. The molecule has 0 heterocycles. The number of rotatable bonds is 8. The maximum Gasteiger partial charge on any atom is 0.251 e. The molecule has 0 aliphatic rings. The van der Waals surface area contributed by atoms with Crippen molar-refractivity contribution < 1.29 is 23.8 Å². The summed E-state index contributed by atoms with van der Waals surface area (Å²) in [5.74, 6) is 1.25. The molecule has 0 aliphatic heterocycles. The van der Waals surface area contributed by atoms with Crippen molar-refractivity contribution in [3.63, 3.8) is 0 Å². The first-order valence-corrected chi connectivity index (χ1v) is 8.01. The van der Waals surface area contributed by atoms with Gasteiger partial charge in [-0.3, -0.25) is 9.59 Å². The first-order valence-electron chi connectivity index (χ1n) is 8.01. The average molecular weight is 358 g/mol. The van der Waals surface area contributed by atoms with E-state index in [0.717, 1.165) is 0 Å². The van der Waals surface area contributed by atoms with Crippen molar-refractivity contribution in [1.29, 1.82) is 0 Å². The molecular formula is C19H22N2O5. The lowest BCUT2D eigenvalue weighted by Gasteiger charge is -2.10. The Labute approximate surface area is 152 Å². The highest BCUT2D eigenvalue weighted by Gasteiger charge is 2.10. The smallest absolute Gasteiger partial charge is 0.251 e. The summed E-state index contributed by atoms with van der Waals surface area (Å²) in [5.41, 5.74) is 0.942. The fourth-order valence-electron chi connectivity index (χ4n) is 2.24. The Kier molecular flexibility index (Phi) is 6.84. The molecule has 0 unspecified atom stereocenters. The van der Waals surface area contributed by atoms with Gasteiger partial charge in [0.05, 0.1) is 21.3 Å². The molecule has 2 amide bonds. The lowest BCUT2D eigenvalue weighted by molar-refractivity contribution is 0.0927. The summed E-state index contributed by atoms with van der Waals surface area (Å²) in [7, 11) is 4.60. The maximum atomic E-state index is 12.2. The molecule has 26 heavy (non-hydrogen) atoms. The van der Waals surface area contributed by atoms with Crippen molar-refractivity contribution in [1.82, 2.24) is 10.6 Å². The van der Waals surface area contributed by atoms with Gasteiger partial charge < -0.3 is 24.8 Å². The van der Waals surface area contributed by atoms with Crippen LogP contribution in [0.3, 0.4) is 0 Å². The van der Waals surface area contributed by atoms with Crippen molar-refractivity contribution in [2.45, 2.75) is 0 Å². The van der Waals surface area contributed by atoms with Crippen LogP contribution in [0.15, 0.2) is 42.5 Å². The Morgan fingerprint density at radius 3 is 1.62 bits per heavy atom. The number of ether oxygens (including phenoxy) is 3. The number of methoxy groups -OCH3 is 3. The van der Waals surface area contributed by atoms with Crippen LogP contribution in [0.4, 0.5) is 0 Å². The fraction of sp³-hybridized carbons (Fsp3) is 0.263. The highest BCUT2D eigenvalue weighted by atomic mass is 16.5. The number of amides is 2. The Morgan fingerprint density at radius 2 is 1.15 bits per heavy atom. The molecule has 0 saturated carbocycles. The summed E-state index contributed by atoms with van der Waals surface area (Å²) in [6.07, 6.45) is 0. The van der Waals surface area contributed by atoms with Gasteiger partial charge in [0.1, 0.15) is 17.2 Å². The van der Waals surface area contributed by atoms with E-state index in [4.69, 9.17) is 14.2 Å². The van der Waals surface area contributed by atoms with Gasteiger partial charge in [-0.05, 0) is 36.4 Å². The van der Waals surface area contributed by atoms with Crippen molar-refractivity contribution in [3.8, 4) is 17.2 Å². The van der Waals surface area contributed by atoms with Crippen LogP contribution in [-0.2, 0) is 0 Å². The standard InChI is InChI=1S/C19H22N2O5/c1-24-15-6-4-13(5-7-15)18(22)20-8-9-21-19(23)14-10-16(25-2)12-17(11-14)26-3/h4-7,10-12H,8-9H2,1-3H3,(H,20,22)(H,21,23). The molecule has 0 aliphatic carbocycles. The van der Waals surface area contributed by atoms with Crippen LogP contribution in [-0.4, -0.2) is 46.2 Å². The molecule has 0 spiro atoms. The van der Waals surface area contributed by atoms with E-state index in [1.165, 1.54) is 14.2 Å². The van der Waals surface area contributed by atoms with Crippen molar-refractivity contribution >= 4 is 11.8 Å². The molecule has 0 saturated heterocycles. The average Bonchev–Trinajstić information content (AvgIpc) is 2.70. The van der Waals surface area contributed by atoms with Crippen LogP contribution < -0.4 is 24.8 Å². The quantitative estimate of drug-likeness (QED) is 0.704. The molecule has 0 aromatic heterocycles. The Morgan fingerprint density at radius 1 is 0.692 bits per heavy atom. The Bertz CT molecular complexity index is 737. The van der Waals surface area contributed by atoms with Gasteiger partial charge in [0.25, 0.3) is 11.8 Å². The summed E-state index contributed by atoms with van der Waals surface area (Å²) >= 11 is 0. The lowest BCUT2D eigenvalue weighted by atomic mass is 10.2. The third-order valence-corrected chi connectivity index (χ3v) is 3.66. The Hall–Kier alpha value is -3.22. The molecule has 138 valence electrons. The molecule has 2 rings (SSSR count). The van der Waals surface area contributed by atoms with Gasteiger partial charge in [-0.2, -0.15) is 0 Å². The monoisotopic (exact) mass is 358 g/mol. The van der Waals surface area contributed by atoms with E-state index in [1.54, 1.807) is 49.6 Å². The van der Waals surface area contributed by atoms with Gasteiger partial charge in [0.2, 0.25) is 0 Å². The van der Waals surface area contributed by atoms with Crippen LogP contribution in [0.5, 0.6) is 17.2 Å². The second kappa shape index (κ2) is 9.31. The van der Waals surface area contributed by atoms with E-state index in [0.29, 0.717) is 41.5 Å². The molecule has 2 N–H and O–H groups in total. The second-order valence-corrected chi connectivity index (χ2v) is 5.34. The van der Waals surface area contributed by atoms with E-state index < -0.39 is 0 Å². The van der Waals surface area contributed by atoms with Crippen LogP contribution in [0.2, 0.25) is 0 Å². The fourth-order valence-corrected chi connectivity index (χ4v) is 2.24. The first kappa shape index (κ1) is 19.1. The largest absolute Gasteiger partial charge is 0.497 e. The normalized spacial score (nSPS) is 9.96. The third-order valence-electron chi connectivity index (χ3n) is 3.66. The van der Waals surface area contributed by atoms with Crippen molar-refractivity contribution in [3.05, 3.63) is 53.6 Å².